The number of allylic oxidation sites excluding steroid dienone is 1. The van der Waals surface area contributed by atoms with Gasteiger partial charge >= 0.3 is 0 Å². The van der Waals surface area contributed by atoms with E-state index in [0.717, 1.165) is 31.6 Å². The van der Waals surface area contributed by atoms with Gasteiger partial charge in [0.2, 0.25) is 0 Å². The monoisotopic (exact) mass is 355 g/mol. The molecule has 27 heavy (non-hydrogen) atoms. The molecule has 0 spiro atoms. The predicted molar refractivity (Wildman–Crippen MR) is 115 cm³/mol. The van der Waals surface area contributed by atoms with Gasteiger partial charge in [0.15, 0.2) is 0 Å². The van der Waals surface area contributed by atoms with Crippen molar-refractivity contribution in [3.63, 3.8) is 0 Å². The van der Waals surface area contributed by atoms with Crippen LogP contribution in [0.1, 0.15) is 17.5 Å². The van der Waals surface area contributed by atoms with Crippen molar-refractivity contribution in [3.05, 3.63) is 90.5 Å². The molecule has 3 aromatic carbocycles. The third-order valence-electron chi connectivity index (χ3n) is 5.25. The zero-order valence-corrected chi connectivity index (χ0v) is 15.8. The lowest BCUT2D eigenvalue weighted by Gasteiger charge is -2.08. The lowest BCUT2D eigenvalue weighted by Crippen LogP contribution is -1.95. The van der Waals surface area contributed by atoms with Crippen LogP contribution in [0.25, 0.3) is 21.8 Å². The largest absolute Gasteiger partial charge is 0.496 e. The fourth-order valence-corrected chi connectivity index (χ4v) is 3.97. The van der Waals surface area contributed by atoms with Crippen LogP contribution in [0.3, 0.4) is 0 Å². The second-order valence-corrected chi connectivity index (χ2v) is 6.93. The standard InChI is InChI=1S/C25H25NO/c1-3-17-26-23-13-6-5-12-21(23)22-18-19(15-16-24(22)26)9-8-11-20-10-4-7-14-25(20)27-2/h3-7,10,12-16,18H,1,8-9,11,17H2,2H3. The Morgan fingerprint density at radius 2 is 1.67 bits per heavy atom. The first kappa shape index (κ1) is 17.4. The molecule has 0 bridgehead atoms. The topological polar surface area (TPSA) is 14.2 Å². The SMILES string of the molecule is C=CCn1c2ccccc2c2cc(CCCc3ccccc3OC)ccc21. The van der Waals surface area contributed by atoms with Crippen molar-refractivity contribution in [2.75, 3.05) is 7.11 Å². The van der Waals surface area contributed by atoms with Crippen LogP contribution in [0, 0.1) is 0 Å². The summed E-state index contributed by atoms with van der Waals surface area (Å²) in [5.41, 5.74) is 5.23. The summed E-state index contributed by atoms with van der Waals surface area (Å²) in [6, 6.07) is 23.8. The lowest BCUT2D eigenvalue weighted by molar-refractivity contribution is 0.409. The number of rotatable bonds is 7. The average molecular weight is 355 g/mol. The highest BCUT2D eigenvalue weighted by atomic mass is 16.5. The van der Waals surface area contributed by atoms with Crippen LogP contribution in [0.2, 0.25) is 0 Å². The first-order valence-corrected chi connectivity index (χ1v) is 9.54. The number of para-hydroxylation sites is 2. The number of hydrogen-bond donors (Lipinski definition) is 0. The lowest BCUT2D eigenvalue weighted by atomic mass is 10.0. The highest BCUT2D eigenvalue weighted by Gasteiger charge is 2.10. The quantitative estimate of drug-likeness (QED) is 0.362. The van der Waals surface area contributed by atoms with Crippen molar-refractivity contribution in [2.45, 2.75) is 25.8 Å². The van der Waals surface area contributed by atoms with Crippen molar-refractivity contribution in [1.82, 2.24) is 4.57 Å². The Kier molecular flexibility index (Phi) is 4.97. The molecule has 0 radical (unpaired) electrons. The molecule has 4 rings (SSSR count). The maximum Gasteiger partial charge on any atom is 0.122 e. The van der Waals surface area contributed by atoms with E-state index >= 15 is 0 Å². The third kappa shape index (κ3) is 3.35. The summed E-state index contributed by atoms with van der Waals surface area (Å²) in [5, 5.41) is 2.66. The summed E-state index contributed by atoms with van der Waals surface area (Å²) < 4.78 is 7.81. The van der Waals surface area contributed by atoms with Crippen LogP contribution in [0.4, 0.5) is 0 Å². The molecule has 0 aliphatic rings. The third-order valence-corrected chi connectivity index (χ3v) is 5.25. The van der Waals surface area contributed by atoms with Crippen LogP contribution < -0.4 is 4.74 Å². The van der Waals surface area contributed by atoms with Gasteiger partial charge in [0.1, 0.15) is 5.75 Å². The van der Waals surface area contributed by atoms with Gasteiger partial charge in [-0.1, -0.05) is 48.5 Å². The van der Waals surface area contributed by atoms with Gasteiger partial charge in [-0.05, 0) is 54.7 Å². The number of aromatic nitrogens is 1. The minimum absolute atomic E-state index is 0.831. The molecule has 0 unspecified atom stereocenters. The average Bonchev–Trinajstić information content (AvgIpc) is 3.02. The van der Waals surface area contributed by atoms with Crippen LogP contribution in [0.5, 0.6) is 5.75 Å². The summed E-state index contributed by atoms with van der Waals surface area (Å²) in [6.45, 7) is 4.75. The Morgan fingerprint density at radius 1 is 0.889 bits per heavy atom. The van der Waals surface area contributed by atoms with E-state index in [-0.39, 0.29) is 0 Å². The number of benzene rings is 3. The van der Waals surface area contributed by atoms with Crippen molar-refractivity contribution < 1.29 is 4.74 Å². The number of ether oxygens (including phenoxy) is 1. The highest BCUT2D eigenvalue weighted by Crippen LogP contribution is 2.30. The van der Waals surface area contributed by atoms with Crippen LogP contribution in [0.15, 0.2) is 79.4 Å². The Morgan fingerprint density at radius 3 is 2.52 bits per heavy atom. The van der Waals surface area contributed by atoms with E-state index in [0.29, 0.717) is 0 Å². The van der Waals surface area contributed by atoms with Gasteiger partial charge in [0, 0.05) is 28.4 Å². The van der Waals surface area contributed by atoms with Crippen molar-refractivity contribution in [3.8, 4) is 5.75 Å². The first-order valence-electron chi connectivity index (χ1n) is 9.54. The molecular formula is C25H25NO. The Hall–Kier alpha value is -3.00. The smallest absolute Gasteiger partial charge is 0.122 e. The Balaban J connectivity index is 1.60. The Labute approximate surface area is 160 Å². The zero-order chi connectivity index (χ0) is 18.6. The molecule has 0 saturated heterocycles. The molecule has 136 valence electrons. The number of methoxy groups -OCH3 is 1. The van der Waals surface area contributed by atoms with Gasteiger partial charge in [-0.15, -0.1) is 6.58 Å². The summed E-state index contributed by atoms with van der Waals surface area (Å²) in [5.74, 6) is 0.987. The molecule has 1 aromatic heterocycles. The van der Waals surface area contributed by atoms with Crippen LogP contribution in [-0.2, 0) is 19.4 Å². The fourth-order valence-electron chi connectivity index (χ4n) is 3.97. The van der Waals surface area contributed by atoms with Crippen LogP contribution >= 0.6 is 0 Å². The van der Waals surface area contributed by atoms with E-state index in [4.69, 9.17) is 4.74 Å². The maximum atomic E-state index is 5.47. The molecule has 0 fully saturated rings. The van der Waals surface area contributed by atoms with Gasteiger partial charge in [-0.25, -0.2) is 0 Å². The van der Waals surface area contributed by atoms with E-state index in [1.165, 1.54) is 32.9 Å². The fraction of sp³-hybridized carbons (Fsp3) is 0.200. The highest BCUT2D eigenvalue weighted by molar-refractivity contribution is 6.08. The molecule has 4 aromatic rings. The first-order chi connectivity index (χ1) is 13.3. The van der Waals surface area contributed by atoms with E-state index < -0.39 is 0 Å². The van der Waals surface area contributed by atoms with E-state index in [9.17, 15) is 0 Å². The molecule has 2 nitrogen and oxygen atoms in total. The van der Waals surface area contributed by atoms with E-state index in [2.05, 4.69) is 65.7 Å². The van der Waals surface area contributed by atoms with Crippen LogP contribution in [-0.4, -0.2) is 11.7 Å². The second kappa shape index (κ2) is 7.71. The molecule has 0 atom stereocenters. The molecule has 0 aliphatic heterocycles. The van der Waals surface area contributed by atoms with E-state index in [1.54, 1.807) is 7.11 Å². The molecule has 0 saturated carbocycles. The second-order valence-electron chi connectivity index (χ2n) is 6.93. The minimum atomic E-state index is 0.831. The Bertz CT molecular complexity index is 1090. The molecule has 0 N–H and O–H groups in total. The van der Waals surface area contributed by atoms with Crippen molar-refractivity contribution in [2.24, 2.45) is 0 Å². The van der Waals surface area contributed by atoms with Gasteiger partial charge in [-0.3, -0.25) is 0 Å². The molecule has 0 aliphatic carbocycles. The van der Waals surface area contributed by atoms with E-state index in [1.807, 2.05) is 18.2 Å². The summed E-state index contributed by atoms with van der Waals surface area (Å²) in [4.78, 5) is 0. The summed E-state index contributed by atoms with van der Waals surface area (Å²) >= 11 is 0. The maximum absolute atomic E-state index is 5.47. The predicted octanol–water partition coefficient (Wildman–Crippen LogP) is 6.16. The van der Waals surface area contributed by atoms with Gasteiger partial charge in [0.05, 0.1) is 7.11 Å². The number of nitrogens with zero attached hydrogens (tertiary/aromatic N) is 1. The number of aryl methyl sites for hydroxylation is 2. The summed E-state index contributed by atoms with van der Waals surface area (Å²) in [6.07, 6.45) is 5.17. The number of fused-ring (bicyclic) bond motifs is 3. The normalized spacial score (nSPS) is 11.1. The van der Waals surface area contributed by atoms with Gasteiger partial charge in [-0.2, -0.15) is 0 Å². The van der Waals surface area contributed by atoms with Crippen molar-refractivity contribution >= 4 is 21.8 Å². The van der Waals surface area contributed by atoms with Crippen molar-refractivity contribution in [1.29, 1.82) is 0 Å². The molecule has 0 amide bonds. The summed E-state index contributed by atoms with van der Waals surface area (Å²) in [7, 11) is 1.74. The molecule has 2 heteroatoms. The van der Waals surface area contributed by atoms with Gasteiger partial charge in [0.25, 0.3) is 0 Å². The number of hydrogen-bond acceptors (Lipinski definition) is 1. The van der Waals surface area contributed by atoms with Gasteiger partial charge < -0.3 is 9.30 Å². The molecule has 1 heterocycles. The molecular weight excluding hydrogens is 330 g/mol. The zero-order valence-electron chi connectivity index (χ0n) is 15.8. The minimum Gasteiger partial charge on any atom is -0.496 e.